The monoisotopic (exact) mass is 910 g/mol. The van der Waals surface area contributed by atoms with Crippen molar-refractivity contribution in [2.24, 2.45) is 55.7 Å². The molecule has 0 amide bonds. The predicted octanol–water partition coefficient (Wildman–Crippen LogP) is 6.63. The van der Waals surface area contributed by atoms with Crippen LogP contribution in [-0.2, 0) is 25.7 Å². The lowest BCUT2D eigenvalue weighted by molar-refractivity contribution is 0.0134. The highest BCUT2D eigenvalue weighted by Crippen LogP contribution is 2.62. The van der Waals surface area contributed by atoms with Gasteiger partial charge in [-0.1, -0.05) is 36.0 Å². The molecule has 2 fully saturated rings. The minimum atomic E-state index is -1.19. The SMILES string of the molecule is CC#Cc1ccc(-c2ccc(C(=O)C3CCC4CC35CC(C(O)CO)C(C5)C3C#Cc5c(cc(O)cc5NCC(C)(O)Cc5cccc(c5CC5=NCN=C5)C3)CC4NC(N)=NC)s2)s1. The summed E-state index contributed by atoms with van der Waals surface area (Å²) in [6.07, 6.45) is 5.99. The fraction of sp³-hybridized carbons (Fsp3) is 0.462. The van der Waals surface area contributed by atoms with Gasteiger partial charge >= 0.3 is 0 Å². The second-order valence-corrected chi connectivity index (χ2v) is 21.2. The molecule has 4 aromatic rings. The Morgan fingerprint density at radius 1 is 1.08 bits per heavy atom. The molecule has 338 valence electrons. The first-order valence-electron chi connectivity index (χ1n) is 22.8. The number of Topliss-reactive ketones (excluding diaryl/α,β-unsaturated/α-hetero) is 1. The maximum absolute atomic E-state index is 15.3. The Balaban J connectivity index is 1.21. The molecule has 65 heavy (non-hydrogen) atoms. The van der Waals surface area contributed by atoms with Gasteiger partial charge in [-0.25, -0.2) is 0 Å². The second kappa shape index (κ2) is 18.5. The molecule has 2 saturated carbocycles. The number of carbonyl (C=O) groups is 1. The maximum Gasteiger partial charge on any atom is 0.188 e. The third-order valence-corrected chi connectivity index (χ3v) is 17.0. The highest BCUT2D eigenvalue weighted by atomic mass is 32.1. The number of nitrogens with one attached hydrogen (secondary N) is 2. The molecule has 11 nitrogen and oxygen atoms in total. The van der Waals surface area contributed by atoms with Gasteiger partial charge in [0.05, 0.1) is 45.0 Å². The number of nitrogens with zero attached hydrogens (tertiary/aromatic N) is 3. The molecule has 4 heterocycles. The van der Waals surface area contributed by atoms with E-state index >= 15 is 4.79 Å². The number of carbonyl (C=O) groups excluding carboxylic acids is 1. The number of hydrogen-bond acceptors (Lipinski definition) is 11. The van der Waals surface area contributed by atoms with Crippen LogP contribution < -0.4 is 16.4 Å². The van der Waals surface area contributed by atoms with Gasteiger partial charge in [-0.05, 0) is 135 Å². The van der Waals surface area contributed by atoms with Crippen molar-refractivity contribution in [3.05, 3.63) is 92.2 Å². The zero-order chi connectivity index (χ0) is 45.5. The van der Waals surface area contributed by atoms with Crippen LogP contribution in [0.1, 0.15) is 88.3 Å². The van der Waals surface area contributed by atoms with Crippen LogP contribution in [0.5, 0.6) is 5.75 Å². The number of guanidine groups is 1. The number of fused-ring (bicyclic) bond motifs is 6. The maximum atomic E-state index is 15.3. The van der Waals surface area contributed by atoms with Gasteiger partial charge in [0.15, 0.2) is 11.7 Å². The lowest BCUT2D eigenvalue weighted by Crippen LogP contribution is -2.50. The van der Waals surface area contributed by atoms with E-state index in [0.717, 1.165) is 59.5 Å². The van der Waals surface area contributed by atoms with E-state index in [0.29, 0.717) is 69.7 Å². The quantitative estimate of drug-likeness (QED) is 0.0445. The molecule has 0 saturated heterocycles. The predicted molar refractivity (Wildman–Crippen MR) is 261 cm³/mol. The number of ketones is 1. The van der Waals surface area contributed by atoms with Crippen molar-refractivity contribution in [1.29, 1.82) is 0 Å². The number of aliphatic imine (C=N–C) groups is 3. The summed E-state index contributed by atoms with van der Waals surface area (Å²) in [6, 6.07) is 17.6. The first-order chi connectivity index (χ1) is 31.4. The zero-order valence-electron chi connectivity index (χ0n) is 37.2. The van der Waals surface area contributed by atoms with E-state index in [-0.39, 0.29) is 53.7 Å². The first-order valence-corrected chi connectivity index (χ1v) is 24.4. The Labute approximate surface area is 389 Å². The van der Waals surface area contributed by atoms with Crippen molar-refractivity contribution in [3.63, 3.8) is 0 Å². The van der Waals surface area contributed by atoms with Gasteiger partial charge in [0.1, 0.15) is 12.4 Å². The number of anilines is 1. The summed E-state index contributed by atoms with van der Waals surface area (Å²) in [5.74, 6) is 12.9. The van der Waals surface area contributed by atoms with Gasteiger partial charge in [0.2, 0.25) is 0 Å². The molecule has 8 N–H and O–H groups in total. The zero-order valence-corrected chi connectivity index (χ0v) is 38.9. The minimum Gasteiger partial charge on any atom is -0.508 e. The van der Waals surface area contributed by atoms with Gasteiger partial charge < -0.3 is 36.8 Å². The van der Waals surface area contributed by atoms with Crippen molar-refractivity contribution in [2.45, 2.75) is 89.4 Å². The van der Waals surface area contributed by atoms with Crippen molar-refractivity contribution in [1.82, 2.24) is 5.32 Å². The summed E-state index contributed by atoms with van der Waals surface area (Å²) in [5, 5.41) is 53.2. The third kappa shape index (κ3) is 9.27. The van der Waals surface area contributed by atoms with Crippen LogP contribution in [0.3, 0.4) is 0 Å². The standard InChI is InChI=1S/C52H58N6O5S2/c1-4-6-37-11-14-46(64-37)47-15-16-48(65-47)49(62)42-13-10-33-23-52(42)24-40(41(25-52)45(61)27-59)31-9-12-38-34(19-43(33)58-50(53)54-3)18-36(60)21-44(38)56-28-51(2,63)22-32-8-5-7-30(17-31)39(32)20-35-26-55-29-57-35/h5,7-8,11,14-16,18,21,26,31,33,40-43,45,56,59-61,63H,10,13,17,19-20,22-25,27-29H2,1-3H3,(H3,53,54,58). The molecule has 2 aliphatic heterocycles. The van der Waals surface area contributed by atoms with Gasteiger partial charge in [-0.3, -0.25) is 19.8 Å². The number of benzene rings is 2. The molecule has 9 unspecified atom stereocenters. The van der Waals surface area contributed by atoms with Crippen LogP contribution in [-0.4, -0.2) is 88.7 Å². The number of aliphatic hydroxyl groups is 3. The summed E-state index contributed by atoms with van der Waals surface area (Å²) in [7, 11) is 1.66. The summed E-state index contributed by atoms with van der Waals surface area (Å²) in [4.78, 5) is 32.4. The molecule has 5 aliphatic rings. The van der Waals surface area contributed by atoms with Crippen LogP contribution in [0.15, 0.2) is 69.6 Å². The molecular weight excluding hydrogens is 853 g/mol. The van der Waals surface area contributed by atoms with E-state index in [2.05, 4.69) is 67.5 Å². The van der Waals surface area contributed by atoms with Crippen LogP contribution in [0.4, 0.5) is 5.69 Å². The Morgan fingerprint density at radius 2 is 1.89 bits per heavy atom. The topological polar surface area (TPSA) is 185 Å². The Bertz CT molecular complexity index is 2690. The fourth-order valence-electron chi connectivity index (χ4n) is 11.7. The van der Waals surface area contributed by atoms with Crippen molar-refractivity contribution in [2.75, 3.05) is 32.2 Å². The molecule has 9 atom stereocenters. The van der Waals surface area contributed by atoms with Crippen molar-refractivity contribution in [3.8, 4) is 39.2 Å². The number of β-amino-alcohol motifs (C(OH)–C–C–N with tert-alkyl or cyclic N) is 1. The highest BCUT2D eigenvalue weighted by molar-refractivity contribution is 7.23. The number of phenols is 1. The first kappa shape index (κ1) is 44.9. The molecule has 7 bridgehead atoms. The van der Waals surface area contributed by atoms with E-state index in [1.54, 1.807) is 30.5 Å². The second-order valence-electron chi connectivity index (χ2n) is 19.0. The molecule has 1 spiro atoms. The van der Waals surface area contributed by atoms with Crippen LogP contribution in [0, 0.1) is 58.7 Å². The van der Waals surface area contributed by atoms with E-state index < -0.39 is 23.7 Å². The fourth-order valence-corrected chi connectivity index (χ4v) is 13.7. The number of aromatic hydroxyl groups is 1. The minimum absolute atomic E-state index is 0.0329. The van der Waals surface area contributed by atoms with Crippen LogP contribution in [0.25, 0.3) is 9.75 Å². The Hall–Kier alpha value is -5.28. The summed E-state index contributed by atoms with van der Waals surface area (Å²) in [6.45, 7) is 3.84. The Morgan fingerprint density at radius 3 is 2.68 bits per heavy atom. The summed E-state index contributed by atoms with van der Waals surface area (Å²) < 4.78 is 0. The average Bonchev–Trinajstić information content (AvgIpc) is 4.13. The number of phenolic OH excluding ortho intramolecular Hbond substituents is 1. The average molecular weight is 911 g/mol. The van der Waals surface area contributed by atoms with Crippen molar-refractivity contribution < 1.29 is 25.2 Å². The van der Waals surface area contributed by atoms with Crippen molar-refractivity contribution >= 4 is 52.0 Å². The number of nitrogens with two attached hydrogens (primary N) is 1. The van der Waals surface area contributed by atoms with E-state index in [9.17, 15) is 20.4 Å². The van der Waals surface area contributed by atoms with Gasteiger partial charge in [-0.15, -0.1) is 28.6 Å². The molecule has 9 rings (SSSR count). The lowest BCUT2D eigenvalue weighted by Gasteiger charge is -2.47. The molecular formula is C52H58N6O5S2. The number of rotatable bonds is 8. The van der Waals surface area contributed by atoms with Gasteiger partial charge in [0.25, 0.3) is 0 Å². The molecule has 3 aliphatic carbocycles. The largest absolute Gasteiger partial charge is 0.508 e. The van der Waals surface area contributed by atoms with Crippen LogP contribution in [0.2, 0.25) is 0 Å². The normalized spacial score (nSPS) is 28.6. The number of thiophene rings is 2. The smallest absolute Gasteiger partial charge is 0.188 e. The molecule has 2 aromatic heterocycles. The number of aliphatic hydroxyl groups excluding tert-OH is 2. The van der Waals surface area contributed by atoms with E-state index in [1.807, 2.05) is 44.3 Å². The molecule has 0 radical (unpaired) electrons. The Kier molecular flexibility index (Phi) is 12.8. The summed E-state index contributed by atoms with van der Waals surface area (Å²) in [5.41, 5.74) is 11.0. The van der Waals surface area contributed by atoms with E-state index in [1.165, 1.54) is 11.3 Å². The van der Waals surface area contributed by atoms with Gasteiger partial charge in [0, 0.05) is 66.3 Å². The van der Waals surface area contributed by atoms with Gasteiger partial charge in [-0.2, -0.15) is 0 Å². The van der Waals surface area contributed by atoms with Crippen LogP contribution >= 0.6 is 22.7 Å². The highest BCUT2D eigenvalue weighted by Gasteiger charge is 2.58. The number of hydrogen-bond donors (Lipinski definition) is 7. The molecule has 2 aromatic carbocycles. The third-order valence-electron chi connectivity index (χ3n) is 14.7. The summed E-state index contributed by atoms with van der Waals surface area (Å²) >= 11 is 3.16. The lowest BCUT2D eigenvalue weighted by atomic mass is 9.58. The van der Waals surface area contributed by atoms with E-state index in [4.69, 9.17) is 5.73 Å². The molecule has 13 heteroatoms.